The molecule has 2 aromatic rings. The number of carbonyl (C=O) groups excluding carboxylic acids is 2. The van der Waals surface area contributed by atoms with Crippen LogP contribution in [0.1, 0.15) is 32.8 Å². The van der Waals surface area contributed by atoms with Crippen LogP contribution in [0.5, 0.6) is 11.5 Å². The Morgan fingerprint density at radius 3 is 2.34 bits per heavy atom. The predicted octanol–water partition coefficient (Wildman–Crippen LogP) is 3.17. The number of rotatable bonds is 10. The third kappa shape index (κ3) is 6.79. The normalized spacial score (nSPS) is 13.4. The molecule has 2 aromatic carbocycles. The number of nitrogens with one attached hydrogen (secondary N) is 1. The molecular formula is C24H30ClN3O6S. The summed E-state index contributed by atoms with van der Waals surface area (Å²) in [5.74, 6) is 0.0613. The SMILES string of the molecule is CC[C@H](C(=O)NC(C)C)N(Cc1ccc(Cl)cc1)C(=O)CN(c1ccc2c(c1)OCO2)S(C)(=O)=O. The van der Waals surface area contributed by atoms with Crippen molar-refractivity contribution in [3.05, 3.63) is 53.1 Å². The first-order chi connectivity index (χ1) is 16.5. The first-order valence-electron chi connectivity index (χ1n) is 11.2. The summed E-state index contributed by atoms with van der Waals surface area (Å²) in [5.41, 5.74) is 1.02. The number of sulfonamides is 1. The molecule has 1 N–H and O–H groups in total. The molecule has 0 aromatic heterocycles. The van der Waals surface area contributed by atoms with Crippen LogP contribution in [0.25, 0.3) is 0 Å². The second kappa shape index (κ2) is 11.2. The quantitative estimate of drug-likeness (QED) is 0.513. The maximum absolute atomic E-state index is 13.6. The van der Waals surface area contributed by atoms with Gasteiger partial charge in [-0.1, -0.05) is 30.7 Å². The third-order valence-corrected chi connectivity index (χ3v) is 6.80. The van der Waals surface area contributed by atoms with Crippen molar-refractivity contribution >= 4 is 39.1 Å². The van der Waals surface area contributed by atoms with Gasteiger partial charge in [-0.25, -0.2) is 8.42 Å². The molecule has 0 aliphatic carbocycles. The molecule has 0 spiro atoms. The molecule has 11 heteroatoms. The predicted molar refractivity (Wildman–Crippen MR) is 134 cm³/mol. The van der Waals surface area contributed by atoms with Crippen molar-refractivity contribution in [3.63, 3.8) is 0 Å². The maximum atomic E-state index is 13.6. The van der Waals surface area contributed by atoms with Gasteiger partial charge in [0.2, 0.25) is 28.6 Å². The van der Waals surface area contributed by atoms with Gasteiger partial charge in [0, 0.05) is 23.7 Å². The second-order valence-corrected chi connectivity index (χ2v) is 10.9. The molecular weight excluding hydrogens is 494 g/mol. The molecule has 0 radical (unpaired) electrons. The van der Waals surface area contributed by atoms with Gasteiger partial charge < -0.3 is 19.7 Å². The first-order valence-corrected chi connectivity index (χ1v) is 13.4. The van der Waals surface area contributed by atoms with Gasteiger partial charge in [-0.3, -0.25) is 13.9 Å². The van der Waals surface area contributed by atoms with Gasteiger partial charge in [0.05, 0.1) is 11.9 Å². The molecule has 35 heavy (non-hydrogen) atoms. The molecule has 1 atom stereocenters. The van der Waals surface area contributed by atoms with E-state index in [-0.39, 0.29) is 31.0 Å². The zero-order chi connectivity index (χ0) is 25.8. The van der Waals surface area contributed by atoms with Crippen molar-refractivity contribution in [2.24, 2.45) is 0 Å². The lowest BCUT2D eigenvalue weighted by Crippen LogP contribution is -2.53. The maximum Gasteiger partial charge on any atom is 0.244 e. The molecule has 0 unspecified atom stereocenters. The molecule has 0 bridgehead atoms. The minimum atomic E-state index is -3.84. The number of fused-ring (bicyclic) bond motifs is 1. The fraction of sp³-hybridized carbons (Fsp3) is 0.417. The minimum absolute atomic E-state index is 0.0363. The van der Waals surface area contributed by atoms with E-state index in [1.165, 1.54) is 11.0 Å². The van der Waals surface area contributed by atoms with E-state index >= 15 is 0 Å². The molecule has 3 rings (SSSR count). The fourth-order valence-corrected chi connectivity index (χ4v) is 4.71. The highest BCUT2D eigenvalue weighted by molar-refractivity contribution is 7.92. The molecule has 1 aliphatic rings. The molecule has 9 nitrogen and oxygen atoms in total. The Bertz CT molecular complexity index is 1170. The number of carbonyl (C=O) groups is 2. The van der Waals surface area contributed by atoms with Crippen LogP contribution in [0.4, 0.5) is 5.69 Å². The smallest absolute Gasteiger partial charge is 0.244 e. The van der Waals surface area contributed by atoms with Gasteiger partial charge in [0.1, 0.15) is 12.6 Å². The van der Waals surface area contributed by atoms with Gasteiger partial charge in [0.25, 0.3) is 0 Å². The van der Waals surface area contributed by atoms with Crippen molar-refractivity contribution in [2.45, 2.75) is 45.8 Å². The van der Waals surface area contributed by atoms with Crippen molar-refractivity contribution < 1.29 is 27.5 Å². The number of benzene rings is 2. The van der Waals surface area contributed by atoms with Crippen LogP contribution >= 0.6 is 11.6 Å². The highest BCUT2D eigenvalue weighted by Crippen LogP contribution is 2.36. The number of halogens is 1. The van der Waals surface area contributed by atoms with E-state index in [1.54, 1.807) is 43.3 Å². The van der Waals surface area contributed by atoms with Crippen LogP contribution in [0.15, 0.2) is 42.5 Å². The van der Waals surface area contributed by atoms with E-state index in [4.69, 9.17) is 21.1 Å². The number of anilines is 1. The van der Waals surface area contributed by atoms with E-state index in [1.807, 2.05) is 13.8 Å². The van der Waals surface area contributed by atoms with Crippen molar-refractivity contribution in [2.75, 3.05) is 23.9 Å². The number of ether oxygens (including phenoxy) is 2. The summed E-state index contributed by atoms with van der Waals surface area (Å²) < 4.78 is 37.0. The lowest BCUT2D eigenvalue weighted by atomic mass is 10.1. The summed E-state index contributed by atoms with van der Waals surface area (Å²) in [4.78, 5) is 28.0. The standard InChI is InChI=1S/C24H30ClN3O6S/c1-5-20(24(30)26-16(2)3)27(13-17-6-8-18(25)9-7-17)23(29)14-28(35(4,31)32)19-10-11-21-22(12-19)34-15-33-21/h6-12,16,20H,5,13-15H2,1-4H3,(H,26,30)/t20-/m1/s1. The molecule has 190 valence electrons. The minimum Gasteiger partial charge on any atom is -0.454 e. The Balaban J connectivity index is 1.94. The van der Waals surface area contributed by atoms with E-state index in [2.05, 4.69) is 5.32 Å². The highest BCUT2D eigenvalue weighted by Gasteiger charge is 2.32. The Morgan fingerprint density at radius 2 is 1.74 bits per heavy atom. The molecule has 1 heterocycles. The number of nitrogens with zero attached hydrogens (tertiary/aromatic N) is 2. The molecule has 1 aliphatic heterocycles. The topological polar surface area (TPSA) is 105 Å². The van der Waals surface area contributed by atoms with E-state index in [9.17, 15) is 18.0 Å². The van der Waals surface area contributed by atoms with Gasteiger partial charge in [-0.05, 0) is 50.1 Å². The number of amides is 2. The molecule has 2 amide bonds. The van der Waals surface area contributed by atoms with E-state index in [0.29, 0.717) is 22.9 Å². The summed E-state index contributed by atoms with van der Waals surface area (Å²) in [5, 5.41) is 3.40. The Labute approximate surface area is 211 Å². The highest BCUT2D eigenvalue weighted by atomic mass is 35.5. The zero-order valence-electron chi connectivity index (χ0n) is 20.2. The fourth-order valence-electron chi connectivity index (χ4n) is 3.74. The second-order valence-electron chi connectivity index (χ2n) is 8.54. The first kappa shape index (κ1) is 26.6. The summed E-state index contributed by atoms with van der Waals surface area (Å²) >= 11 is 6.00. The van der Waals surface area contributed by atoms with Crippen molar-refractivity contribution in [1.82, 2.24) is 10.2 Å². The Morgan fingerprint density at radius 1 is 1.09 bits per heavy atom. The Hall–Kier alpha value is -2.98. The number of hydrogen-bond donors (Lipinski definition) is 1. The number of hydrogen-bond acceptors (Lipinski definition) is 6. The summed E-state index contributed by atoms with van der Waals surface area (Å²) in [7, 11) is -3.84. The molecule has 0 saturated heterocycles. The van der Waals surface area contributed by atoms with Crippen LogP contribution in [-0.4, -0.2) is 56.8 Å². The van der Waals surface area contributed by atoms with Crippen LogP contribution in [-0.2, 0) is 26.2 Å². The average Bonchev–Trinajstić information content (AvgIpc) is 3.25. The summed E-state index contributed by atoms with van der Waals surface area (Å²) in [6.07, 6.45) is 1.37. The lowest BCUT2D eigenvalue weighted by molar-refractivity contribution is -0.140. The summed E-state index contributed by atoms with van der Waals surface area (Å²) in [6, 6.07) is 10.7. The largest absolute Gasteiger partial charge is 0.454 e. The zero-order valence-corrected chi connectivity index (χ0v) is 21.7. The monoisotopic (exact) mass is 523 g/mol. The lowest BCUT2D eigenvalue weighted by Gasteiger charge is -2.33. The van der Waals surface area contributed by atoms with E-state index < -0.39 is 28.5 Å². The van der Waals surface area contributed by atoms with E-state index in [0.717, 1.165) is 16.1 Å². The van der Waals surface area contributed by atoms with Gasteiger partial charge >= 0.3 is 0 Å². The van der Waals surface area contributed by atoms with Crippen molar-refractivity contribution in [1.29, 1.82) is 0 Å². The molecule has 0 saturated carbocycles. The van der Waals surface area contributed by atoms with Crippen LogP contribution < -0.4 is 19.1 Å². The summed E-state index contributed by atoms with van der Waals surface area (Å²) in [6.45, 7) is 5.13. The van der Waals surface area contributed by atoms with Crippen LogP contribution in [0, 0.1) is 0 Å². The van der Waals surface area contributed by atoms with Gasteiger partial charge in [-0.2, -0.15) is 0 Å². The third-order valence-electron chi connectivity index (χ3n) is 5.41. The van der Waals surface area contributed by atoms with Crippen molar-refractivity contribution in [3.8, 4) is 11.5 Å². The Kier molecular flexibility index (Phi) is 8.50. The van der Waals surface area contributed by atoms with Gasteiger partial charge in [-0.15, -0.1) is 0 Å². The average molecular weight is 524 g/mol. The van der Waals surface area contributed by atoms with Gasteiger partial charge in [0.15, 0.2) is 11.5 Å². The van der Waals surface area contributed by atoms with Crippen LogP contribution in [0.2, 0.25) is 5.02 Å². The van der Waals surface area contributed by atoms with Crippen LogP contribution in [0.3, 0.4) is 0 Å². The molecule has 0 fully saturated rings.